The molecule has 0 bridgehead atoms. The summed E-state index contributed by atoms with van der Waals surface area (Å²) >= 11 is 0. The summed E-state index contributed by atoms with van der Waals surface area (Å²) in [6.07, 6.45) is 4.10. The van der Waals surface area contributed by atoms with Crippen molar-refractivity contribution in [1.82, 2.24) is 4.90 Å². The predicted molar refractivity (Wildman–Crippen MR) is 108 cm³/mol. The molecule has 0 heterocycles. The van der Waals surface area contributed by atoms with Gasteiger partial charge in [-0.1, -0.05) is 66.8 Å². The molecule has 3 unspecified atom stereocenters. The molecule has 0 aromatic heterocycles. The number of benzene rings is 2. The van der Waals surface area contributed by atoms with Gasteiger partial charge in [0.25, 0.3) is 0 Å². The molecule has 3 atom stereocenters. The quantitative estimate of drug-likeness (QED) is 0.846. The molecule has 0 saturated heterocycles. The van der Waals surface area contributed by atoms with Gasteiger partial charge in [0.1, 0.15) is 5.60 Å². The Morgan fingerprint density at radius 3 is 2.23 bits per heavy atom. The molecular weight excluding hydrogens is 318 g/mol. The molecule has 2 aromatic rings. The SMILES string of the molecule is CN(C)CC1CCCC(Cc2ccccc2)C1(O)C#Cc1ccccc1. The van der Waals surface area contributed by atoms with E-state index < -0.39 is 5.60 Å². The van der Waals surface area contributed by atoms with Crippen LogP contribution in [0.2, 0.25) is 0 Å². The van der Waals surface area contributed by atoms with Crippen molar-refractivity contribution in [3.05, 3.63) is 71.8 Å². The van der Waals surface area contributed by atoms with Gasteiger partial charge in [-0.25, -0.2) is 0 Å². The lowest BCUT2D eigenvalue weighted by molar-refractivity contribution is -0.0528. The lowest BCUT2D eigenvalue weighted by atomic mass is 9.66. The van der Waals surface area contributed by atoms with Gasteiger partial charge < -0.3 is 10.0 Å². The molecule has 0 radical (unpaired) electrons. The summed E-state index contributed by atoms with van der Waals surface area (Å²) in [5.74, 6) is 6.92. The Hall–Kier alpha value is -2.08. The van der Waals surface area contributed by atoms with E-state index in [9.17, 15) is 5.11 Å². The molecule has 3 rings (SSSR count). The minimum absolute atomic E-state index is 0.166. The van der Waals surface area contributed by atoms with Crippen molar-refractivity contribution in [2.75, 3.05) is 20.6 Å². The van der Waals surface area contributed by atoms with E-state index in [4.69, 9.17) is 0 Å². The zero-order valence-electron chi connectivity index (χ0n) is 15.9. The van der Waals surface area contributed by atoms with E-state index in [0.717, 1.165) is 37.8 Å². The largest absolute Gasteiger partial charge is 0.377 e. The number of rotatable bonds is 4. The van der Waals surface area contributed by atoms with E-state index in [1.807, 2.05) is 36.4 Å². The lowest BCUT2D eigenvalue weighted by Crippen LogP contribution is -2.51. The van der Waals surface area contributed by atoms with Crippen molar-refractivity contribution < 1.29 is 5.11 Å². The van der Waals surface area contributed by atoms with Crippen LogP contribution in [0.4, 0.5) is 0 Å². The van der Waals surface area contributed by atoms with Gasteiger partial charge in [0, 0.05) is 23.9 Å². The Balaban J connectivity index is 1.91. The van der Waals surface area contributed by atoms with Crippen molar-refractivity contribution in [2.45, 2.75) is 31.3 Å². The second kappa shape index (κ2) is 8.54. The zero-order valence-corrected chi connectivity index (χ0v) is 15.9. The topological polar surface area (TPSA) is 23.5 Å². The summed E-state index contributed by atoms with van der Waals surface area (Å²) in [7, 11) is 4.15. The third kappa shape index (κ3) is 4.55. The Morgan fingerprint density at radius 2 is 1.58 bits per heavy atom. The maximum atomic E-state index is 11.8. The summed E-state index contributed by atoms with van der Waals surface area (Å²) in [4.78, 5) is 2.17. The smallest absolute Gasteiger partial charge is 0.132 e. The van der Waals surface area contributed by atoms with Crippen LogP contribution in [0.15, 0.2) is 60.7 Å². The highest BCUT2D eigenvalue weighted by atomic mass is 16.3. The number of nitrogens with zero attached hydrogens (tertiary/aromatic N) is 1. The van der Waals surface area contributed by atoms with Crippen LogP contribution in [-0.2, 0) is 6.42 Å². The fourth-order valence-corrected chi connectivity index (χ4v) is 4.11. The molecule has 1 fully saturated rings. The van der Waals surface area contributed by atoms with Gasteiger partial charge in [0.2, 0.25) is 0 Å². The predicted octanol–water partition coefficient (Wildman–Crippen LogP) is 3.99. The second-order valence-electron chi connectivity index (χ2n) is 7.72. The van der Waals surface area contributed by atoms with Gasteiger partial charge >= 0.3 is 0 Å². The highest BCUT2D eigenvalue weighted by Gasteiger charge is 2.45. The van der Waals surface area contributed by atoms with Crippen LogP contribution in [0, 0.1) is 23.7 Å². The Labute approximate surface area is 157 Å². The minimum atomic E-state index is -0.950. The van der Waals surface area contributed by atoms with Gasteiger partial charge in [-0.15, -0.1) is 0 Å². The molecule has 2 nitrogen and oxygen atoms in total. The van der Waals surface area contributed by atoms with Crippen LogP contribution in [0.3, 0.4) is 0 Å². The third-order valence-electron chi connectivity index (χ3n) is 5.44. The summed E-state index contributed by atoms with van der Waals surface area (Å²) in [5.41, 5.74) is 1.30. The first-order valence-corrected chi connectivity index (χ1v) is 9.57. The summed E-state index contributed by atoms with van der Waals surface area (Å²) in [5, 5.41) is 11.8. The molecule has 2 heteroatoms. The van der Waals surface area contributed by atoms with Crippen molar-refractivity contribution >= 4 is 0 Å². The molecule has 0 aliphatic heterocycles. The monoisotopic (exact) mass is 347 g/mol. The van der Waals surface area contributed by atoms with Crippen LogP contribution < -0.4 is 0 Å². The van der Waals surface area contributed by atoms with Gasteiger partial charge in [-0.3, -0.25) is 0 Å². The molecule has 26 heavy (non-hydrogen) atoms. The highest BCUT2D eigenvalue weighted by Crippen LogP contribution is 2.40. The van der Waals surface area contributed by atoms with E-state index in [2.05, 4.69) is 55.1 Å². The van der Waals surface area contributed by atoms with E-state index >= 15 is 0 Å². The molecule has 1 aliphatic rings. The normalized spacial score (nSPS) is 25.5. The van der Waals surface area contributed by atoms with Gasteiger partial charge in [-0.2, -0.15) is 0 Å². The van der Waals surface area contributed by atoms with Gasteiger partial charge in [-0.05, 0) is 51.1 Å². The van der Waals surface area contributed by atoms with Crippen LogP contribution in [0.5, 0.6) is 0 Å². The zero-order chi connectivity index (χ0) is 18.4. The number of hydrogen-bond acceptors (Lipinski definition) is 2. The summed E-state index contributed by atoms with van der Waals surface area (Å²) in [6.45, 7) is 0.866. The van der Waals surface area contributed by atoms with Crippen molar-refractivity contribution in [1.29, 1.82) is 0 Å². The number of aliphatic hydroxyl groups is 1. The molecule has 2 aromatic carbocycles. The fraction of sp³-hybridized carbons (Fsp3) is 0.417. The average molecular weight is 348 g/mol. The molecule has 1 aliphatic carbocycles. The van der Waals surface area contributed by atoms with E-state index in [-0.39, 0.29) is 11.8 Å². The molecular formula is C24H29NO. The van der Waals surface area contributed by atoms with E-state index in [1.54, 1.807) is 0 Å². The van der Waals surface area contributed by atoms with Crippen LogP contribution in [-0.4, -0.2) is 36.2 Å². The van der Waals surface area contributed by atoms with E-state index in [0.29, 0.717) is 0 Å². The van der Waals surface area contributed by atoms with Crippen LogP contribution >= 0.6 is 0 Å². The van der Waals surface area contributed by atoms with Crippen LogP contribution in [0.1, 0.15) is 30.4 Å². The highest BCUT2D eigenvalue weighted by molar-refractivity contribution is 5.37. The first-order chi connectivity index (χ1) is 12.6. The molecule has 136 valence electrons. The van der Waals surface area contributed by atoms with Crippen molar-refractivity contribution in [3.63, 3.8) is 0 Å². The molecule has 1 N–H and O–H groups in total. The summed E-state index contributed by atoms with van der Waals surface area (Å²) < 4.78 is 0. The Morgan fingerprint density at radius 1 is 0.962 bits per heavy atom. The van der Waals surface area contributed by atoms with Gasteiger partial charge in [0.15, 0.2) is 0 Å². The second-order valence-corrected chi connectivity index (χ2v) is 7.72. The maximum absolute atomic E-state index is 11.8. The van der Waals surface area contributed by atoms with E-state index in [1.165, 1.54) is 5.56 Å². The fourth-order valence-electron chi connectivity index (χ4n) is 4.11. The standard InChI is InChI=1S/C24H29NO/c1-25(2)19-23-15-9-14-22(18-21-12-7-4-8-13-21)24(23,26)17-16-20-10-5-3-6-11-20/h3-8,10-13,22-23,26H,9,14-15,18-19H2,1-2H3. The minimum Gasteiger partial charge on any atom is -0.377 e. The third-order valence-corrected chi connectivity index (χ3v) is 5.44. The lowest BCUT2D eigenvalue weighted by Gasteiger charge is -2.44. The first kappa shape index (κ1) is 18.7. The summed E-state index contributed by atoms with van der Waals surface area (Å²) in [6, 6.07) is 20.5. The van der Waals surface area contributed by atoms with Crippen molar-refractivity contribution in [3.8, 4) is 11.8 Å². The van der Waals surface area contributed by atoms with Crippen molar-refractivity contribution in [2.24, 2.45) is 11.8 Å². The van der Waals surface area contributed by atoms with Crippen LogP contribution in [0.25, 0.3) is 0 Å². The Kier molecular flexibility index (Phi) is 6.14. The van der Waals surface area contributed by atoms with Gasteiger partial charge in [0.05, 0.1) is 0 Å². The molecule has 1 saturated carbocycles. The maximum Gasteiger partial charge on any atom is 0.132 e. The average Bonchev–Trinajstić information content (AvgIpc) is 2.65. The molecule has 0 amide bonds. The molecule has 0 spiro atoms. The Bertz CT molecular complexity index is 744. The number of hydrogen-bond donors (Lipinski definition) is 1. The first-order valence-electron chi connectivity index (χ1n) is 9.57.